The van der Waals surface area contributed by atoms with Gasteiger partial charge >= 0.3 is 6.09 Å². The molecule has 5 rings (SSSR count). The first kappa shape index (κ1) is 21.3. The predicted octanol–water partition coefficient (Wildman–Crippen LogP) is 4.08. The van der Waals surface area contributed by atoms with Crippen LogP contribution >= 0.6 is 11.3 Å². The van der Waals surface area contributed by atoms with Crippen molar-refractivity contribution in [3.8, 4) is 11.8 Å². The summed E-state index contributed by atoms with van der Waals surface area (Å²) < 4.78 is 7.22. The molecule has 1 atom stereocenters. The molecule has 0 N–H and O–H groups in total. The minimum absolute atomic E-state index is 0.0166. The second kappa shape index (κ2) is 9.12. The largest absolute Gasteiger partial charge is 0.447 e. The highest BCUT2D eigenvalue weighted by Crippen LogP contribution is 2.30. The van der Waals surface area contributed by atoms with Gasteiger partial charge in [0.05, 0.1) is 17.3 Å². The summed E-state index contributed by atoms with van der Waals surface area (Å²) in [7, 11) is 0. The number of hydrogen-bond acceptors (Lipinski definition) is 5. The first-order chi connectivity index (χ1) is 16.2. The van der Waals surface area contributed by atoms with Crippen molar-refractivity contribution in [1.82, 2.24) is 14.4 Å². The molecule has 33 heavy (non-hydrogen) atoms. The summed E-state index contributed by atoms with van der Waals surface area (Å²) in [4.78, 5) is 30.2. The van der Waals surface area contributed by atoms with Gasteiger partial charge in [0, 0.05) is 36.9 Å². The summed E-state index contributed by atoms with van der Waals surface area (Å²) in [5.74, 6) is -0.0616. The molecule has 168 valence electrons. The molecule has 2 amide bonds. The van der Waals surface area contributed by atoms with Crippen LogP contribution in [0.5, 0.6) is 0 Å². The Labute approximate surface area is 196 Å². The van der Waals surface area contributed by atoms with Crippen LogP contribution in [0.4, 0.5) is 4.79 Å². The van der Waals surface area contributed by atoms with Crippen LogP contribution in [-0.4, -0.2) is 58.1 Å². The average molecular weight is 461 g/mol. The molecule has 0 spiro atoms. The molecule has 1 unspecified atom stereocenters. The SMILES string of the molecule is N#Cc1csc(C(=O)N2CCC(N3C(=O)OCC3Cc3ccccc3)CC2)c1-n1cccc1. The molecular formula is C25H24N4O3S. The van der Waals surface area contributed by atoms with Crippen molar-refractivity contribution < 1.29 is 14.3 Å². The fraction of sp³-hybridized carbons (Fsp3) is 0.320. The zero-order valence-corrected chi connectivity index (χ0v) is 18.9. The number of carbonyl (C=O) groups excluding carboxylic acids is 2. The van der Waals surface area contributed by atoms with Gasteiger partial charge in [-0.25, -0.2) is 4.79 Å². The Morgan fingerprint density at radius 3 is 2.55 bits per heavy atom. The van der Waals surface area contributed by atoms with Gasteiger partial charge in [0.1, 0.15) is 17.6 Å². The van der Waals surface area contributed by atoms with E-state index in [4.69, 9.17) is 4.74 Å². The molecule has 3 aromatic rings. The van der Waals surface area contributed by atoms with Crippen molar-refractivity contribution in [3.05, 3.63) is 76.2 Å². The first-order valence-electron chi connectivity index (χ1n) is 11.1. The molecule has 2 aromatic heterocycles. The monoisotopic (exact) mass is 460 g/mol. The van der Waals surface area contributed by atoms with Gasteiger partial charge in [-0.15, -0.1) is 11.3 Å². The van der Waals surface area contributed by atoms with E-state index in [-0.39, 0.29) is 24.1 Å². The summed E-state index contributed by atoms with van der Waals surface area (Å²) in [6, 6.07) is 16.2. The van der Waals surface area contributed by atoms with E-state index in [1.54, 1.807) is 5.38 Å². The highest BCUT2D eigenvalue weighted by Gasteiger charge is 2.40. The maximum Gasteiger partial charge on any atom is 0.410 e. The van der Waals surface area contributed by atoms with E-state index < -0.39 is 0 Å². The standard InChI is InChI=1S/C25H24N4O3S/c26-15-19-17-33-23(22(19)27-10-4-5-11-27)24(30)28-12-8-20(9-13-28)29-21(16-32-25(29)31)14-18-6-2-1-3-7-18/h1-7,10-11,17,20-21H,8-9,12-14,16H2. The Morgan fingerprint density at radius 2 is 1.85 bits per heavy atom. The molecule has 2 fully saturated rings. The van der Waals surface area contributed by atoms with Gasteiger partial charge in [0.15, 0.2) is 0 Å². The van der Waals surface area contributed by atoms with Gasteiger partial charge in [-0.2, -0.15) is 5.26 Å². The van der Waals surface area contributed by atoms with Crippen LogP contribution in [-0.2, 0) is 11.2 Å². The van der Waals surface area contributed by atoms with E-state index in [0.717, 1.165) is 6.42 Å². The summed E-state index contributed by atoms with van der Waals surface area (Å²) in [5.41, 5.74) is 2.32. The molecule has 2 saturated heterocycles. The molecule has 0 aliphatic carbocycles. The van der Waals surface area contributed by atoms with E-state index >= 15 is 0 Å². The number of cyclic esters (lactones) is 1. The Bertz CT molecular complexity index is 1170. The van der Waals surface area contributed by atoms with E-state index in [9.17, 15) is 14.9 Å². The minimum Gasteiger partial charge on any atom is -0.447 e. The van der Waals surface area contributed by atoms with Gasteiger partial charge in [-0.1, -0.05) is 30.3 Å². The van der Waals surface area contributed by atoms with Crippen LogP contribution in [0.25, 0.3) is 5.69 Å². The lowest BCUT2D eigenvalue weighted by atomic mass is 9.99. The van der Waals surface area contributed by atoms with E-state index in [2.05, 4.69) is 18.2 Å². The third-order valence-corrected chi connectivity index (χ3v) is 7.36. The summed E-state index contributed by atoms with van der Waals surface area (Å²) >= 11 is 1.31. The molecular weight excluding hydrogens is 436 g/mol. The Morgan fingerprint density at radius 1 is 1.12 bits per heavy atom. The van der Waals surface area contributed by atoms with E-state index in [0.29, 0.717) is 48.7 Å². The third-order valence-electron chi connectivity index (χ3n) is 6.40. The summed E-state index contributed by atoms with van der Waals surface area (Å²) in [6.07, 6.45) is 5.61. The molecule has 1 aromatic carbocycles. The lowest BCUT2D eigenvalue weighted by molar-refractivity contribution is 0.0641. The van der Waals surface area contributed by atoms with Gasteiger partial charge in [0.25, 0.3) is 5.91 Å². The number of hydrogen-bond donors (Lipinski definition) is 0. The third kappa shape index (κ3) is 4.12. The number of likely N-dealkylation sites (tertiary alicyclic amines) is 1. The van der Waals surface area contributed by atoms with Crippen molar-refractivity contribution in [2.75, 3.05) is 19.7 Å². The van der Waals surface area contributed by atoms with Crippen LogP contribution in [0.2, 0.25) is 0 Å². The number of rotatable bonds is 5. The van der Waals surface area contributed by atoms with Crippen molar-refractivity contribution in [3.63, 3.8) is 0 Å². The molecule has 2 aliphatic heterocycles. The van der Waals surface area contributed by atoms with Crippen LogP contribution in [0.15, 0.2) is 60.2 Å². The smallest absolute Gasteiger partial charge is 0.410 e. The minimum atomic E-state index is -0.257. The number of nitriles is 1. The normalized spacial score (nSPS) is 18.9. The summed E-state index contributed by atoms with van der Waals surface area (Å²) in [5, 5.41) is 11.2. The molecule has 4 heterocycles. The highest BCUT2D eigenvalue weighted by molar-refractivity contribution is 7.12. The quantitative estimate of drug-likeness (QED) is 0.575. The second-order valence-electron chi connectivity index (χ2n) is 8.38. The van der Waals surface area contributed by atoms with E-state index in [1.165, 1.54) is 16.9 Å². The van der Waals surface area contributed by atoms with Crippen LogP contribution in [0.3, 0.4) is 0 Å². The first-order valence-corrected chi connectivity index (χ1v) is 12.0. The molecule has 7 nitrogen and oxygen atoms in total. The summed E-state index contributed by atoms with van der Waals surface area (Å²) in [6.45, 7) is 1.53. The number of ether oxygens (including phenoxy) is 1. The lowest BCUT2D eigenvalue weighted by Gasteiger charge is -2.37. The number of aromatic nitrogens is 1. The van der Waals surface area contributed by atoms with Crippen LogP contribution in [0, 0.1) is 11.3 Å². The van der Waals surface area contributed by atoms with Crippen molar-refractivity contribution in [1.29, 1.82) is 5.26 Å². The Balaban J connectivity index is 1.28. The predicted molar refractivity (Wildman–Crippen MR) is 124 cm³/mol. The zero-order chi connectivity index (χ0) is 22.8. The molecule has 0 saturated carbocycles. The maximum atomic E-state index is 13.4. The fourth-order valence-electron chi connectivity index (χ4n) is 4.78. The van der Waals surface area contributed by atoms with E-state index in [1.807, 2.05) is 57.1 Å². The number of piperidine rings is 1. The van der Waals surface area contributed by atoms with Crippen LogP contribution in [0.1, 0.15) is 33.6 Å². The number of carbonyl (C=O) groups is 2. The number of benzene rings is 1. The van der Waals surface area contributed by atoms with Crippen molar-refractivity contribution >= 4 is 23.3 Å². The van der Waals surface area contributed by atoms with Gasteiger partial charge < -0.3 is 14.2 Å². The topological polar surface area (TPSA) is 78.6 Å². The maximum absolute atomic E-state index is 13.4. The van der Waals surface area contributed by atoms with Crippen molar-refractivity contribution in [2.24, 2.45) is 0 Å². The molecule has 0 bridgehead atoms. The number of thiophene rings is 1. The number of nitrogens with zero attached hydrogens (tertiary/aromatic N) is 4. The lowest BCUT2D eigenvalue weighted by Crippen LogP contribution is -2.50. The van der Waals surface area contributed by atoms with Gasteiger partial charge in [-0.3, -0.25) is 9.69 Å². The Kier molecular flexibility index (Phi) is 5.88. The van der Waals surface area contributed by atoms with Gasteiger partial charge in [0.2, 0.25) is 0 Å². The van der Waals surface area contributed by atoms with Gasteiger partial charge in [-0.05, 0) is 37.0 Å². The molecule has 2 aliphatic rings. The number of amides is 2. The fourth-order valence-corrected chi connectivity index (χ4v) is 5.73. The average Bonchev–Trinajstić information content (AvgIpc) is 3.59. The Hall–Kier alpha value is -3.57. The van der Waals surface area contributed by atoms with Crippen LogP contribution < -0.4 is 0 Å². The molecule has 0 radical (unpaired) electrons. The highest BCUT2D eigenvalue weighted by atomic mass is 32.1. The zero-order valence-electron chi connectivity index (χ0n) is 18.1. The molecule has 8 heteroatoms. The van der Waals surface area contributed by atoms with Crippen molar-refractivity contribution in [2.45, 2.75) is 31.3 Å². The second-order valence-corrected chi connectivity index (χ2v) is 9.26.